The first kappa shape index (κ1) is 13.7. The van der Waals surface area contributed by atoms with Gasteiger partial charge in [-0.05, 0) is 36.0 Å². The molecule has 1 aromatic carbocycles. The van der Waals surface area contributed by atoms with Gasteiger partial charge in [-0.25, -0.2) is 18.4 Å². The van der Waals surface area contributed by atoms with Crippen LogP contribution in [0.5, 0.6) is 0 Å². The normalized spacial score (nSPS) is 11.2. The summed E-state index contributed by atoms with van der Waals surface area (Å²) in [5.74, 6) is 0. The minimum Gasteiger partial charge on any atom is -0.298 e. The predicted octanol–water partition coefficient (Wildman–Crippen LogP) is 1.84. The van der Waals surface area contributed by atoms with E-state index < -0.39 is 9.84 Å². The molecule has 0 unspecified atom stereocenters. The molecule has 0 spiro atoms. The number of hydrogen-bond donors (Lipinski definition) is 0. The van der Waals surface area contributed by atoms with Crippen molar-refractivity contribution in [1.82, 2.24) is 9.97 Å². The molecule has 19 heavy (non-hydrogen) atoms. The van der Waals surface area contributed by atoms with Crippen LogP contribution in [0.2, 0.25) is 0 Å². The van der Waals surface area contributed by atoms with Crippen LogP contribution >= 0.6 is 11.8 Å². The Hall–Kier alpha value is -1.73. The van der Waals surface area contributed by atoms with E-state index in [2.05, 4.69) is 9.97 Å². The van der Waals surface area contributed by atoms with Gasteiger partial charge in [-0.15, -0.1) is 0 Å². The van der Waals surface area contributed by atoms with Crippen molar-refractivity contribution in [2.45, 2.75) is 14.9 Å². The quantitative estimate of drug-likeness (QED) is 0.632. The number of benzene rings is 1. The maximum atomic E-state index is 11.3. The van der Waals surface area contributed by atoms with E-state index >= 15 is 0 Å². The number of aromatic nitrogens is 2. The van der Waals surface area contributed by atoms with Crippen LogP contribution in [0.4, 0.5) is 0 Å². The molecule has 0 aliphatic rings. The molecule has 0 aliphatic carbocycles. The zero-order valence-corrected chi connectivity index (χ0v) is 11.6. The molecule has 0 saturated carbocycles. The van der Waals surface area contributed by atoms with E-state index in [-0.39, 0.29) is 4.90 Å². The first-order valence-electron chi connectivity index (χ1n) is 5.24. The van der Waals surface area contributed by atoms with Gasteiger partial charge in [-0.2, -0.15) is 0 Å². The molecule has 1 heterocycles. The number of nitrogens with zero attached hydrogens (tertiary/aromatic N) is 2. The van der Waals surface area contributed by atoms with E-state index in [0.717, 1.165) is 11.2 Å². The molecular weight excluding hydrogens is 284 g/mol. The second kappa shape index (κ2) is 5.50. The SMILES string of the molecule is CS(=O)(=O)c1ccc(Sc2ncc(C=O)cn2)cc1. The lowest BCUT2D eigenvalue weighted by Crippen LogP contribution is -1.96. The molecule has 2 aromatic rings. The van der Waals surface area contributed by atoms with Gasteiger partial charge >= 0.3 is 0 Å². The Balaban J connectivity index is 2.17. The summed E-state index contributed by atoms with van der Waals surface area (Å²) in [6, 6.07) is 6.46. The van der Waals surface area contributed by atoms with Crippen molar-refractivity contribution >= 4 is 27.9 Å². The van der Waals surface area contributed by atoms with Crippen LogP contribution in [0, 0.1) is 0 Å². The first-order chi connectivity index (χ1) is 8.99. The van der Waals surface area contributed by atoms with Crippen LogP contribution in [0.25, 0.3) is 0 Å². The van der Waals surface area contributed by atoms with Crippen LogP contribution in [-0.4, -0.2) is 30.9 Å². The van der Waals surface area contributed by atoms with Crippen LogP contribution in [-0.2, 0) is 9.84 Å². The molecule has 2 rings (SSSR count). The molecule has 0 fully saturated rings. The van der Waals surface area contributed by atoms with Gasteiger partial charge < -0.3 is 0 Å². The fourth-order valence-electron chi connectivity index (χ4n) is 1.30. The Labute approximate surface area is 115 Å². The Bertz CT molecular complexity index is 680. The smallest absolute Gasteiger partial charge is 0.192 e. The first-order valence-corrected chi connectivity index (χ1v) is 7.95. The lowest BCUT2D eigenvalue weighted by molar-refractivity contribution is 0.112. The van der Waals surface area contributed by atoms with E-state index in [9.17, 15) is 13.2 Å². The van der Waals surface area contributed by atoms with Gasteiger partial charge in [0.1, 0.15) is 0 Å². The minimum atomic E-state index is -3.18. The second-order valence-corrected chi connectivity index (χ2v) is 6.82. The fraction of sp³-hybridized carbons (Fsp3) is 0.0833. The predicted molar refractivity (Wildman–Crippen MR) is 71.1 cm³/mol. The molecule has 0 aliphatic heterocycles. The lowest BCUT2D eigenvalue weighted by Gasteiger charge is -2.02. The number of carbonyl (C=O) groups is 1. The van der Waals surface area contributed by atoms with Gasteiger partial charge in [-0.1, -0.05) is 0 Å². The minimum absolute atomic E-state index is 0.272. The molecule has 1 aromatic heterocycles. The summed E-state index contributed by atoms with van der Waals surface area (Å²) in [7, 11) is -3.18. The molecular formula is C12H10N2O3S2. The van der Waals surface area contributed by atoms with Gasteiger partial charge in [0.25, 0.3) is 0 Å². The fourth-order valence-corrected chi connectivity index (χ4v) is 2.62. The molecule has 0 N–H and O–H groups in total. The van der Waals surface area contributed by atoms with E-state index in [0.29, 0.717) is 17.0 Å². The molecule has 0 bridgehead atoms. The summed E-state index contributed by atoms with van der Waals surface area (Å²) in [5.41, 5.74) is 0.414. The van der Waals surface area contributed by atoms with Gasteiger partial charge in [0.2, 0.25) is 0 Å². The zero-order valence-electron chi connectivity index (χ0n) is 9.98. The monoisotopic (exact) mass is 294 g/mol. The summed E-state index contributed by atoms with van der Waals surface area (Å²) in [6.07, 6.45) is 4.71. The van der Waals surface area contributed by atoms with E-state index in [1.165, 1.54) is 36.3 Å². The maximum absolute atomic E-state index is 11.3. The Morgan fingerprint density at radius 3 is 2.16 bits per heavy atom. The standard InChI is InChI=1S/C12H10N2O3S2/c1-19(16,17)11-4-2-10(3-5-11)18-12-13-6-9(8-15)7-14-12/h2-8H,1H3. The number of rotatable bonds is 4. The van der Waals surface area contributed by atoms with E-state index in [4.69, 9.17) is 0 Å². The summed E-state index contributed by atoms with van der Waals surface area (Å²) >= 11 is 1.29. The Morgan fingerprint density at radius 2 is 1.68 bits per heavy atom. The molecule has 7 heteroatoms. The summed E-state index contributed by atoms with van der Waals surface area (Å²) in [6.45, 7) is 0. The van der Waals surface area contributed by atoms with E-state index in [1.807, 2.05) is 0 Å². The molecule has 5 nitrogen and oxygen atoms in total. The highest BCUT2D eigenvalue weighted by atomic mass is 32.2. The zero-order chi connectivity index (χ0) is 13.9. The third-order valence-corrected chi connectivity index (χ3v) is 4.27. The average Bonchev–Trinajstić information content (AvgIpc) is 2.39. The van der Waals surface area contributed by atoms with Gasteiger partial charge in [0, 0.05) is 23.5 Å². The van der Waals surface area contributed by atoms with Crippen LogP contribution in [0.3, 0.4) is 0 Å². The van der Waals surface area contributed by atoms with Gasteiger partial charge in [-0.3, -0.25) is 4.79 Å². The highest BCUT2D eigenvalue weighted by Crippen LogP contribution is 2.25. The number of carbonyl (C=O) groups excluding carboxylic acids is 1. The highest BCUT2D eigenvalue weighted by Gasteiger charge is 2.07. The topological polar surface area (TPSA) is 77.0 Å². The number of aldehydes is 1. The Morgan fingerprint density at radius 1 is 1.11 bits per heavy atom. The van der Waals surface area contributed by atoms with Crippen molar-refractivity contribution in [3.63, 3.8) is 0 Å². The largest absolute Gasteiger partial charge is 0.298 e. The van der Waals surface area contributed by atoms with Crippen molar-refractivity contribution in [3.8, 4) is 0 Å². The van der Waals surface area contributed by atoms with Gasteiger partial charge in [0.15, 0.2) is 21.3 Å². The van der Waals surface area contributed by atoms with Crippen molar-refractivity contribution in [2.24, 2.45) is 0 Å². The molecule has 0 amide bonds. The average molecular weight is 294 g/mol. The third-order valence-electron chi connectivity index (χ3n) is 2.25. The summed E-state index contributed by atoms with van der Waals surface area (Å²) in [4.78, 5) is 19.6. The Kier molecular flexibility index (Phi) is 3.96. The lowest BCUT2D eigenvalue weighted by atomic mass is 10.4. The molecule has 0 saturated heterocycles. The second-order valence-electron chi connectivity index (χ2n) is 3.76. The summed E-state index contributed by atoms with van der Waals surface area (Å²) < 4.78 is 22.6. The third kappa shape index (κ3) is 3.62. The van der Waals surface area contributed by atoms with Crippen molar-refractivity contribution in [2.75, 3.05) is 6.26 Å². The number of hydrogen-bond acceptors (Lipinski definition) is 6. The van der Waals surface area contributed by atoms with E-state index in [1.54, 1.807) is 12.1 Å². The van der Waals surface area contributed by atoms with Crippen LogP contribution in [0.15, 0.2) is 51.6 Å². The van der Waals surface area contributed by atoms with Crippen molar-refractivity contribution in [1.29, 1.82) is 0 Å². The van der Waals surface area contributed by atoms with Gasteiger partial charge in [0.05, 0.1) is 10.5 Å². The van der Waals surface area contributed by atoms with Crippen LogP contribution in [0.1, 0.15) is 10.4 Å². The van der Waals surface area contributed by atoms with Crippen molar-refractivity contribution < 1.29 is 13.2 Å². The molecule has 98 valence electrons. The molecule has 0 atom stereocenters. The maximum Gasteiger partial charge on any atom is 0.192 e. The number of sulfone groups is 1. The summed E-state index contributed by atoms with van der Waals surface area (Å²) in [5, 5.41) is 0.498. The van der Waals surface area contributed by atoms with Crippen LogP contribution < -0.4 is 0 Å². The highest BCUT2D eigenvalue weighted by molar-refractivity contribution is 7.99. The molecule has 0 radical (unpaired) electrons. The van der Waals surface area contributed by atoms with Crippen molar-refractivity contribution in [3.05, 3.63) is 42.2 Å².